The summed E-state index contributed by atoms with van der Waals surface area (Å²) in [4.78, 5) is 0. The van der Waals surface area contributed by atoms with E-state index in [0.717, 1.165) is 14.5 Å². The van der Waals surface area contributed by atoms with E-state index in [1.54, 1.807) is 6.07 Å². The van der Waals surface area contributed by atoms with E-state index < -0.39 is 6.10 Å². The van der Waals surface area contributed by atoms with Crippen molar-refractivity contribution in [3.05, 3.63) is 62.5 Å². The van der Waals surface area contributed by atoms with Gasteiger partial charge >= 0.3 is 0 Å². The largest absolute Gasteiger partial charge is 0.387 e. The first-order valence-corrected chi connectivity index (χ1v) is 7.56. The average molecular weight is 396 g/mol. The maximum absolute atomic E-state index is 10.2. The van der Waals surface area contributed by atoms with E-state index >= 15 is 0 Å². The van der Waals surface area contributed by atoms with Gasteiger partial charge in [0.2, 0.25) is 0 Å². The lowest BCUT2D eigenvalue weighted by Gasteiger charge is -2.14. The van der Waals surface area contributed by atoms with Crippen LogP contribution in [0.2, 0.25) is 0 Å². The molecular weight excluding hydrogens is 384 g/mol. The molecule has 2 N–H and O–H groups in total. The van der Waals surface area contributed by atoms with Gasteiger partial charge in [-0.15, -0.1) is 0 Å². The summed E-state index contributed by atoms with van der Waals surface area (Å²) in [6.07, 6.45) is -0.641. The van der Waals surface area contributed by atoms with E-state index in [1.807, 2.05) is 36.4 Å². The Labute approximate surface area is 134 Å². The first kappa shape index (κ1) is 15.0. The molecule has 0 amide bonds. The number of nitrogens with one attached hydrogen (secondary N) is 1. The molecule has 0 heterocycles. The fraction of sp³-hybridized carbons (Fsp3) is 0.133. The van der Waals surface area contributed by atoms with E-state index in [-0.39, 0.29) is 0 Å². The Bertz CT molecular complexity index is 653. The first-order chi connectivity index (χ1) is 9.60. The van der Waals surface area contributed by atoms with E-state index in [1.165, 1.54) is 0 Å². The second kappa shape index (κ2) is 6.89. The molecule has 0 aromatic heterocycles. The van der Waals surface area contributed by atoms with Crippen molar-refractivity contribution < 1.29 is 5.11 Å². The Morgan fingerprint density at radius 1 is 1.15 bits per heavy atom. The number of nitriles is 1. The molecule has 0 aliphatic rings. The highest BCUT2D eigenvalue weighted by molar-refractivity contribution is 9.10. The van der Waals surface area contributed by atoms with Crippen LogP contribution in [-0.2, 0) is 0 Å². The molecule has 2 rings (SSSR count). The molecule has 2 aromatic carbocycles. The van der Waals surface area contributed by atoms with Crippen LogP contribution < -0.4 is 5.32 Å². The summed E-state index contributed by atoms with van der Waals surface area (Å²) < 4.78 is 1.81. The smallest absolute Gasteiger partial charge is 0.101 e. The number of rotatable bonds is 4. The van der Waals surface area contributed by atoms with Crippen LogP contribution >= 0.6 is 31.9 Å². The van der Waals surface area contributed by atoms with E-state index in [2.05, 4.69) is 43.2 Å². The summed E-state index contributed by atoms with van der Waals surface area (Å²) in [6.45, 7) is 0.335. The van der Waals surface area contributed by atoms with Crippen molar-refractivity contribution in [2.24, 2.45) is 0 Å². The molecule has 1 unspecified atom stereocenters. The fourth-order valence-electron chi connectivity index (χ4n) is 1.80. The normalized spacial score (nSPS) is 11.7. The zero-order valence-electron chi connectivity index (χ0n) is 10.5. The number of benzene rings is 2. The molecule has 0 saturated heterocycles. The lowest BCUT2D eigenvalue weighted by molar-refractivity contribution is 0.191. The number of anilines is 1. The third-order valence-electron chi connectivity index (χ3n) is 2.82. The molecule has 5 heteroatoms. The molecule has 0 aliphatic heterocycles. The van der Waals surface area contributed by atoms with Crippen molar-refractivity contribution in [2.75, 3.05) is 11.9 Å². The minimum Gasteiger partial charge on any atom is -0.387 e. The molecule has 1 atom stereocenters. The Morgan fingerprint density at radius 3 is 2.60 bits per heavy atom. The monoisotopic (exact) mass is 394 g/mol. The van der Waals surface area contributed by atoms with Gasteiger partial charge in [-0.25, -0.2) is 0 Å². The van der Waals surface area contributed by atoms with Crippen LogP contribution in [0.1, 0.15) is 17.2 Å². The topological polar surface area (TPSA) is 56.0 Å². The maximum atomic E-state index is 10.2. The lowest BCUT2D eigenvalue weighted by atomic mass is 10.1. The average Bonchev–Trinajstić information content (AvgIpc) is 2.45. The minimum atomic E-state index is -0.641. The van der Waals surface area contributed by atoms with Crippen LogP contribution in [0, 0.1) is 11.3 Å². The Hall–Kier alpha value is -1.35. The van der Waals surface area contributed by atoms with Crippen LogP contribution in [0.5, 0.6) is 0 Å². The van der Waals surface area contributed by atoms with Gasteiger partial charge in [0.15, 0.2) is 0 Å². The molecule has 3 nitrogen and oxygen atoms in total. The van der Waals surface area contributed by atoms with Crippen LogP contribution in [0.3, 0.4) is 0 Å². The fourth-order valence-corrected chi connectivity index (χ4v) is 2.58. The second-order valence-corrected chi connectivity index (χ2v) is 6.08. The minimum absolute atomic E-state index is 0.335. The van der Waals surface area contributed by atoms with Gasteiger partial charge in [-0.2, -0.15) is 5.26 Å². The van der Waals surface area contributed by atoms with Crippen LogP contribution in [0.4, 0.5) is 5.69 Å². The van der Waals surface area contributed by atoms with Gasteiger partial charge in [-0.3, -0.25) is 0 Å². The first-order valence-electron chi connectivity index (χ1n) is 5.97. The van der Waals surface area contributed by atoms with Crippen LogP contribution in [0.25, 0.3) is 0 Å². The summed E-state index contributed by atoms with van der Waals surface area (Å²) in [5, 5.41) is 22.3. The van der Waals surface area contributed by atoms with Crippen LogP contribution in [0.15, 0.2) is 51.4 Å². The van der Waals surface area contributed by atoms with Crippen molar-refractivity contribution in [1.82, 2.24) is 0 Å². The van der Waals surface area contributed by atoms with E-state index in [9.17, 15) is 5.11 Å². The van der Waals surface area contributed by atoms with Crippen molar-refractivity contribution in [1.29, 1.82) is 5.26 Å². The summed E-state index contributed by atoms with van der Waals surface area (Å²) in [7, 11) is 0. The lowest BCUT2D eigenvalue weighted by Crippen LogP contribution is -2.12. The predicted octanol–water partition coefficient (Wildman–Crippen LogP) is 4.23. The van der Waals surface area contributed by atoms with E-state index in [4.69, 9.17) is 5.26 Å². The zero-order chi connectivity index (χ0) is 14.5. The second-order valence-electron chi connectivity index (χ2n) is 4.25. The predicted molar refractivity (Wildman–Crippen MR) is 86.4 cm³/mol. The molecule has 0 fully saturated rings. The van der Waals surface area contributed by atoms with Gasteiger partial charge in [0.25, 0.3) is 0 Å². The zero-order valence-corrected chi connectivity index (χ0v) is 13.6. The molecule has 102 valence electrons. The molecule has 2 aromatic rings. The molecule has 0 bridgehead atoms. The highest BCUT2D eigenvalue weighted by atomic mass is 79.9. The Morgan fingerprint density at radius 2 is 1.90 bits per heavy atom. The summed E-state index contributed by atoms with van der Waals surface area (Å²) in [5.74, 6) is 0. The van der Waals surface area contributed by atoms with Crippen molar-refractivity contribution in [3.8, 4) is 6.07 Å². The SMILES string of the molecule is N#Cc1ccc(Br)cc1NCC(O)c1cccc(Br)c1. The Kier molecular flexibility index (Phi) is 5.18. The Balaban J connectivity index is 2.09. The molecule has 0 radical (unpaired) electrons. The molecular formula is C15H12Br2N2O. The van der Waals surface area contributed by atoms with Gasteiger partial charge < -0.3 is 10.4 Å². The number of aliphatic hydroxyl groups excluding tert-OH is 1. The van der Waals surface area contributed by atoms with Gasteiger partial charge in [-0.1, -0.05) is 44.0 Å². The van der Waals surface area contributed by atoms with Gasteiger partial charge in [0.05, 0.1) is 17.4 Å². The number of hydrogen-bond donors (Lipinski definition) is 2. The molecule has 0 saturated carbocycles. The number of halogens is 2. The third-order valence-corrected chi connectivity index (χ3v) is 3.81. The van der Waals surface area contributed by atoms with Gasteiger partial charge in [0.1, 0.15) is 6.07 Å². The van der Waals surface area contributed by atoms with Crippen molar-refractivity contribution in [3.63, 3.8) is 0 Å². The molecule has 0 spiro atoms. The highest BCUT2D eigenvalue weighted by Crippen LogP contribution is 2.23. The van der Waals surface area contributed by atoms with Crippen LogP contribution in [-0.4, -0.2) is 11.7 Å². The molecule has 0 aliphatic carbocycles. The van der Waals surface area contributed by atoms with E-state index in [0.29, 0.717) is 17.8 Å². The summed E-state index contributed by atoms with van der Waals surface area (Å²) >= 11 is 6.75. The number of nitrogens with zero attached hydrogens (tertiary/aromatic N) is 1. The third kappa shape index (κ3) is 3.83. The number of hydrogen-bond acceptors (Lipinski definition) is 3. The van der Waals surface area contributed by atoms with Crippen molar-refractivity contribution in [2.45, 2.75) is 6.10 Å². The van der Waals surface area contributed by atoms with Gasteiger partial charge in [-0.05, 0) is 35.9 Å². The van der Waals surface area contributed by atoms with Gasteiger partial charge in [0, 0.05) is 15.5 Å². The quantitative estimate of drug-likeness (QED) is 0.814. The number of aliphatic hydroxyl groups is 1. The van der Waals surface area contributed by atoms with Crippen molar-refractivity contribution >= 4 is 37.5 Å². The maximum Gasteiger partial charge on any atom is 0.101 e. The molecule has 20 heavy (non-hydrogen) atoms. The summed E-state index contributed by atoms with van der Waals surface area (Å²) in [5.41, 5.74) is 2.07. The standard InChI is InChI=1S/C15H12Br2N2O/c16-12-3-1-2-10(6-12)15(20)9-19-14-7-13(17)5-4-11(14)8-18/h1-7,15,19-20H,9H2. The highest BCUT2D eigenvalue weighted by Gasteiger charge is 2.09. The summed E-state index contributed by atoms with van der Waals surface area (Å²) in [6, 6.07) is 15.0.